The summed E-state index contributed by atoms with van der Waals surface area (Å²) in [5, 5.41) is 8.54. The Hall–Kier alpha value is -0.610. The lowest BCUT2D eigenvalue weighted by atomic mass is 10.1. The fraction of sp³-hybridized carbons (Fsp3) is 0.900. The van der Waals surface area contributed by atoms with Gasteiger partial charge in [-0.1, -0.05) is 0 Å². The molecule has 1 atom stereocenters. The molecule has 0 saturated carbocycles. The van der Waals surface area contributed by atoms with Crippen LogP contribution in [0.4, 0.5) is 0 Å². The van der Waals surface area contributed by atoms with Gasteiger partial charge < -0.3 is 14.7 Å². The van der Waals surface area contributed by atoms with Gasteiger partial charge >= 0.3 is 0 Å². The van der Waals surface area contributed by atoms with Gasteiger partial charge in [0, 0.05) is 39.1 Å². The molecule has 0 aromatic rings. The Labute approximate surface area is 84.8 Å². The van der Waals surface area contributed by atoms with Crippen molar-refractivity contribution in [1.29, 1.82) is 0 Å². The lowest BCUT2D eigenvalue weighted by Crippen LogP contribution is -2.26. The predicted octanol–water partition coefficient (Wildman–Crippen LogP) is 0.254. The second-order valence-electron chi connectivity index (χ2n) is 3.77. The maximum atomic E-state index is 11.0. The molecule has 1 aliphatic heterocycles. The molecule has 4 heteroatoms. The SMILES string of the molecule is CC(=O)N1CCC(COCCCO)C1. The lowest BCUT2D eigenvalue weighted by molar-refractivity contribution is -0.127. The molecule has 4 nitrogen and oxygen atoms in total. The summed E-state index contributed by atoms with van der Waals surface area (Å²) in [6.07, 6.45) is 1.74. The third-order valence-electron chi connectivity index (χ3n) is 2.53. The van der Waals surface area contributed by atoms with Crippen LogP contribution >= 0.6 is 0 Å². The molecule has 0 aliphatic carbocycles. The van der Waals surface area contributed by atoms with Gasteiger partial charge in [-0.3, -0.25) is 4.79 Å². The number of hydrogen-bond donors (Lipinski definition) is 1. The van der Waals surface area contributed by atoms with Gasteiger partial charge in [-0.25, -0.2) is 0 Å². The first-order valence-electron chi connectivity index (χ1n) is 5.18. The summed E-state index contributed by atoms with van der Waals surface area (Å²) in [7, 11) is 0. The fourth-order valence-electron chi connectivity index (χ4n) is 1.67. The van der Waals surface area contributed by atoms with Crippen LogP contribution < -0.4 is 0 Å². The highest BCUT2D eigenvalue weighted by molar-refractivity contribution is 5.73. The molecule has 1 amide bonds. The van der Waals surface area contributed by atoms with Crippen LogP contribution in [0.2, 0.25) is 0 Å². The molecular weight excluding hydrogens is 182 g/mol. The summed E-state index contributed by atoms with van der Waals surface area (Å²) in [5.74, 6) is 0.639. The van der Waals surface area contributed by atoms with Crippen LogP contribution in [0.5, 0.6) is 0 Å². The Morgan fingerprint density at radius 2 is 2.43 bits per heavy atom. The zero-order valence-electron chi connectivity index (χ0n) is 8.74. The van der Waals surface area contributed by atoms with Crippen molar-refractivity contribution in [3.05, 3.63) is 0 Å². The number of likely N-dealkylation sites (tertiary alicyclic amines) is 1. The number of hydrogen-bond acceptors (Lipinski definition) is 3. The highest BCUT2D eigenvalue weighted by Crippen LogP contribution is 2.16. The van der Waals surface area contributed by atoms with Crippen LogP contribution in [0.15, 0.2) is 0 Å². The molecule has 1 rings (SSSR count). The minimum atomic E-state index is 0.155. The summed E-state index contributed by atoms with van der Waals surface area (Å²) in [4.78, 5) is 12.9. The molecule has 14 heavy (non-hydrogen) atoms. The minimum Gasteiger partial charge on any atom is -0.396 e. The third kappa shape index (κ3) is 3.64. The van der Waals surface area contributed by atoms with Gasteiger partial charge in [0.15, 0.2) is 0 Å². The Bertz CT molecular complexity index is 184. The van der Waals surface area contributed by atoms with Crippen LogP contribution in [0.1, 0.15) is 19.8 Å². The average molecular weight is 201 g/mol. The molecule has 82 valence electrons. The van der Waals surface area contributed by atoms with Crippen molar-refractivity contribution in [2.45, 2.75) is 19.8 Å². The van der Waals surface area contributed by atoms with Crippen LogP contribution in [0, 0.1) is 5.92 Å². The highest BCUT2D eigenvalue weighted by Gasteiger charge is 2.23. The van der Waals surface area contributed by atoms with E-state index in [1.54, 1.807) is 6.92 Å². The quantitative estimate of drug-likeness (QED) is 0.649. The molecule has 1 heterocycles. The standard InChI is InChI=1S/C10H19NO3/c1-9(13)11-4-3-10(7-11)8-14-6-2-5-12/h10,12H,2-8H2,1H3. The minimum absolute atomic E-state index is 0.155. The number of rotatable bonds is 5. The van der Waals surface area contributed by atoms with Crippen LogP contribution in [0.25, 0.3) is 0 Å². The Balaban J connectivity index is 2.07. The van der Waals surface area contributed by atoms with Crippen LogP contribution in [0.3, 0.4) is 0 Å². The largest absolute Gasteiger partial charge is 0.396 e. The summed E-state index contributed by atoms with van der Waals surface area (Å²) < 4.78 is 5.39. The molecule has 1 saturated heterocycles. The molecular formula is C10H19NO3. The number of aliphatic hydroxyl groups excluding tert-OH is 1. The average Bonchev–Trinajstić information content (AvgIpc) is 2.61. The Morgan fingerprint density at radius 1 is 1.64 bits per heavy atom. The molecule has 0 radical (unpaired) electrons. The van der Waals surface area contributed by atoms with E-state index in [9.17, 15) is 4.79 Å². The monoisotopic (exact) mass is 201 g/mol. The Kier molecular flexibility index (Phi) is 4.90. The van der Waals surface area contributed by atoms with E-state index in [0.717, 1.165) is 19.5 Å². The summed E-state index contributed by atoms with van der Waals surface area (Å²) in [6, 6.07) is 0. The fourth-order valence-corrected chi connectivity index (χ4v) is 1.67. The maximum absolute atomic E-state index is 11.0. The summed E-state index contributed by atoms with van der Waals surface area (Å²) in [5.41, 5.74) is 0. The second kappa shape index (κ2) is 5.98. The normalized spacial score (nSPS) is 21.6. The molecule has 1 unspecified atom stereocenters. The topological polar surface area (TPSA) is 49.8 Å². The number of amides is 1. The zero-order chi connectivity index (χ0) is 10.4. The van der Waals surface area contributed by atoms with Gasteiger partial charge in [-0.05, 0) is 12.8 Å². The zero-order valence-corrected chi connectivity index (χ0v) is 8.74. The molecule has 1 fully saturated rings. The van der Waals surface area contributed by atoms with Gasteiger partial charge in [0.25, 0.3) is 0 Å². The molecule has 0 aromatic carbocycles. The molecule has 0 bridgehead atoms. The van der Waals surface area contributed by atoms with E-state index >= 15 is 0 Å². The maximum Gasteiger partial charge on any atom is 0.219 e. The lowest BCUT2D eigenvalue weighted by Gasteiger charge is -2.13. The highest BCUT2D eigenvalue weighted by atomic mass is 16.5. The first-order valence-corrected chi connectivity index (χ1v) is 5.18. The van der Waals surface area contributed by atoms with E-state index in [-0.39, 0.29) is 12.5 Å². The van der Waals surface area contributed by atoms with E-state index < -0.39 is 0 Å². The number of nitrogens with zero attached hydrogens (tertiary/aromatic N) is 1. The number of aliphatic hydroxyl groups is 1. The molecule has 1 N–H and O–H groups in total. The van der Waals surface area contributed by atoms with E-state index in [1.807, 2.05) is 4.90 Å². The molecule has 0 aromatic heterocycles. The van der Waals surface area contributed by atoms with Crippen molar-refractivity contribution in [2.75, 3.05) is 32.9 Å². The molecule has 0 spiro atoms. The Morgan fingerprint density at radius 3 is 3.00 bits per heavy atom. The van der Waals surface area contributed by atoms with Crippen LogP contribution in [-0.4, -0.2) is 48.8 Å². The number of ether oxygens (including phenoxy) is 1. The van der Waals surface area contributed by atoms with Gasteiger partial charge in [0.2, 0.25) is 5.91 Å². The third-order valence-corrected chi connectivity index (χ3v) is 2.53. The first-order chi connectivity index (χ1) is 6.74. The van der Waals surface area contributed by atoms with Crippen molar-refractivity contribution in [2.24, 2.45) is 5.92 Å². The van der Waals surface area contributed by atoms with E-state index in [2.05, 4.69) is 0 Å². The van der Waals surface area contributed by atoms with Gasteiger partial charge in [-0.2, -0.15) is 0 Å². The van der Waals surface area contributed by atoms with Gasteiger partial charge in [0.05, 0.1) is 6.61 Å². The molecule has 1 aliphatic rings. The number of carbonyl (C=O) groups is 1. The van der Waals surface area contributed by atoms with E-state index in [4.69, 9.17) is 9.84 Å². The van der Waals surface area contributed by atoms with Crippen LogP contribution in [-0.2, 0) is 9.53 Å². The summed E-state index contributed by atoms with van der Waals surface area (Å²) >= 11 is 0. The van der Waals surface area contributed by atoms with Gasteiger partial charge in [0.1, 0.15) is 0 Å². The van der Waals surface area contributed by atoms with Crippen molar-refractivity contribution < 1.29 is 14.6 Å². The predicted molar refractivity (Wildman–Crippen MR) is 52.9 cm³/mol. The smallest absolute Gasteiger partial charge is 0.219 e. The van der Waals surface area contributed by atoms with E-state index in [1.165, 1.54) is 0 Å². The van der Waals surface area contributed by atoms with E-state index in [0.29, 0.717) is 25.6 Å². The van der Waals surface area contributed by atoms with Gasteiger partial charge in [-0.15, -0.1) is 0 Å². The summed E-state index contributed by atoms with van der Waals surface area (Å²) in [6.45, 7) is 4.81. The number of carbonyl (C=O) groups excluding carboxylic acids is 1. The first kappa shape index (κ1) is 11.5. The van der Waals surface area contributed by atoms with Crippen molar-refractivity contribution in [3.63, 3.8) is 0 Å². The van der Waals surface area contributed by atoms with Crippen molar-refractivity contribution in [3.8, 4) is 0 Å². The van der Waals surface area contributed by atoms with Crippen molar-refractivity contribution >= 4 is 5.91 Å². The van der Waals surface area contributed by atoms with Crippen molar-refractivity contribution in [1.82, 2.24) is 4.90 Å². The second-order valence-corrected chi connectivity index (χ2v) is 3.77.